The summed E-state index contributed by atoms with van der Waals surface area (Å²) in [6.07, 6.45) is 10.3. The molecule has 2 aromatic heterocycles. The molecule has 0 atom stereocenters. The number of hydrogen-bond acceptors (Lipinski definition) is 13. The van der Waals surface area contributed by atoms with E-state index in [0.717, 1.165) is 69.1 Å². The molecule has 0 bridgehead atoms. The highest BCUT2D eigenvalue weighted by atomic mass is 79.9. The molecule has 49 heavy (non-hydrogen) atoms. The molecule has 4 heterocycles. The third-order valence-corrected chi connectivity index (χ3v) is 10.9. The van der Waals surface area contributed by atoms with E-state index in [1.54, 1.807) is 58.5 Å². The topological polar surface area (TPSA) is 156 Å². The average molecular weight is 750 g/mol. The van der Waals surface area contributed by atoms with Crippen LogP contribution in [0.15, 0.2) is 58.5 Å². The molecule has 2 fully saturated rings. The van der Waals surface area contributed by atoms with Gasteiger partial charge < -0.3 is 35.3 Å². The molecule has 258 valence electrons. The minimum atomic E-state index is -2.78. The number of hydrogen-bond donors (Lipinski definition) is 3. The Balaban J connectivity index is 1.31. The number of piperidine rings is 1. The molecule has 13 nitrogen and oxygen atoms in total. The van der Waals surface area contributed by atoms with Gasteiger partial charge in [0.25, 0.3) is 0 Å². The van der Waals surface area contributed by atoms with Gasteiger partial charge in [0, 0.05) is 93.2 Å². The van der Waals surface area contributed by atoms with Crippen LogP contribution in [-0.2, 0) is 9.30 Å². The molecule has 2 aliphatic heterocycles. The Morgan fingerprint density at radius 2 is 1.84 bits per heavy atom. The smallest absolute Gasteiger partial charge is 0.229 e. The normalized spacial score (nSPS) is 16.8. The Hall–Kier alpha value is -4.10. The van der Waals surface area contributed by atoms with Crippen LogP contribution in [0.3, 0.4) is 0 Å². The number of rotatable bonds is 10. The Labute approximate surface area is 294 Å². The number of methoxy groups -OCH3 is 1. The van der Waals surface area contributed by atoms with Gasteiger partial charge in [-0.05, 0) is 60.3 Å². The number of aliphatic imine (C=N–C) groups is 1. The highest BCUT2D eigenvalue weighted by Crippen LogP contribution is 2.42. The van der Waals surface area contributed by atoms with Gasteiger partial charge >= 0.3 is 0 Å². The van der Waals surface area contributed by atoms with Crippen molar-refractivity contribution in [1.29, 1.82) is 0 Å². The fourth-order valence-corrected chi connectivity index (χ4v) is 8.20. The second kappa shape index (κ2) is 15.2. The molecule has 4 aromatic rings. The molecular weight excluding hydrogens is 707 g/mol. The summed E-state index contributed by atoms with van der Waals surface area (Å²) in [5.41, 5.74) is 11.4. The zero-order valence-electron chi connectivity index (χ0n) is 28.2. The summed E-state index contributed by atoms with van der Waals surface area (Å²) in [6, 6.07) is 8.29. The van der Waals surface area contributed by atoms with E-state index in [4.69, 9.17) is 20.2 Å². The van der Waals surface area contributed by atoms with Gasteiger partial charge in [0.05, 0.1) is 47.0 Å². The van der Waals surface area contributed by atoms with Gasteiger partial charge in [0.1, 0.15) is 24.2 Å². The van der Waals surface area contributed by atoms with Crippen LogP contribution in [0.4, 0.5) is 28.8 Å². The van der Waals surface area contributed by atoms with Crippen LogP contribution in [0, 0.1) is 0 Å². The van der Waals surface area contributed by atoms with E-state index in [0.29, 0.717) is 55.7 Å². The fourth-order valence-electron chi connectivity index (χ4n) is 6.52. The second-order valence-electron chi connectivity index (χ2n) is 12.3. The van der Waals surface area contributed by atoms with Crippen LogP contribution in [0.2, 0.25) is 0 Å². The predicted octanol–water partition coefficient (Wildman–Crippen LogP) is 5.23. The van der Waals surface area contributed by atoms with Gasteiger partial charge in [-0.2, -0.15) is 4.98 Å². The lowest BCUT2D eigenvalue weighted by Crippen LogP contribution is -2.49. The summed E-state index contributed by atoms with van der Waals surface area (Å²) in [4.78, 5) is 27.4. The maximum absolute atomic E-state index is 13.5. The minimum absolute atomic E-state index is 0.328. The van der Waals surface area contributed by atoms with Crippen molar-refractivity contribution in [3.8, 4) is 5.75 Å². The largest absolute Gasteiger partial charge is 0.494 e. The van der Waals surface area contributed by atoms with Crippen LogP contribution in [-0.4, -0.2) is 104 Å². The van der Waals surface area contributed by atoms with Gasteiger partial charge in [0.2, 0.25) is 5.95 Å². The number of morpholine rings is 1. The first-order valence-electron chi connectivity index (χ1n) is 16.2. The third kappa shape index (κ3) is 7.72. The second-order valence-corrected chi connectivity index (χ2v) is 16.3. The molecule has 4 N–H and O–H groups in total. The SMILES string of the molecule is CN=CC(=CN)c1cc(Nc2ncc(Br)c(Nc3ccc4nccnc4c3P(C)(C)=O)n2)c(OC)cc1N1CCC(N2CCOCC2)CC1. The van der Waals surface area contributed by atoms with Crippen LogP contribution in [0.5, 0.6) is 5.75 Å². The number of benzene rings is 2. The number of halogens is 1. The third-order valence-electron chi connectivity index (χ3n) is 8.84. The Bertz CT molecular complexity index is 1920. The first kappa shape index (κ1) is 34.8. The van der Waals surface area contributed by atoms with E-state index in [1.165, 1.54) is 0 Å². The highest BCUT2D eigenvalue weighted by Gasteiger charge is 2.28. The number of nitrogens with two attached hydrogens (primary N) is 1. The van der Waals surface area contributed by atoms with Crippen molar-refractivity contribution in [3.63, 3.8) is 0 Å². The fraction of sp³-hybridized carbons (Fsp3) is 0.382. The number of nitrogens with one attached hydrogen (secondary N) is 2. The lowest BCUT2D eigenvalue weighted by molar-refractivity contribution is 0.0115. The molecule has 2 saturated heterocycles. The number of fused-ring (bicyclic) bond motifs is 1. The zero-order valence-corrected chi connectivity index (χ0v) is 30.7. The average Bonchev–Trinajstić information content (AvgIpc) is 3.11. The van der Waals surface area contributed by atoms with Crippen LogP contribution in [0.25, 0.3) is 16.6 Å². The number of anilines is 5. The van der Waals surface area contributed by atoms with Crippen molar-refractivity contribution in [2.75, 3.05) is 82.4 Å². The maximum atomic E-state index is 13.5. The standard InChI is InChI=1S/C34H42BrN10O3P/c1-37-20-22(19-36)24-17-28(30(47-2)18-29(24)45-11-7-23(8-12-45)44-13-15-48-16-14-44)42-34-40-21-25(35)33(43-34)41-27-6-5-26-31(39-10-9-38-26)32(27)49(3,4)46/h5-6,9-10,17-21,23H,7-8,11-16,36H2,1-4H3,(H2,40,41,42,43). The van der Waals surface area contributed by atoms with Crippen molar-refractivity contribution in [2.24, 2.45) is 10.7 Å². The van der Waals surface area contributed by atoms with Gasteiger partial charge in [-0.3, -0.25) is 19.9 Å². The number of aromatic nitrogens is 4. The number of ether oxygens (including phenoxy) is 2. The highest BCUT2D eigenvalue weighted by molar-refractivity contribution is 9.10. The van der Waals surface area contributed by atoms with Crippen molar-refractivity contribution in [3.05, 3.63) is 59.1 Å². The molecule has 0 unspecified atom stereocenters. The monoisotopic (exact) mass is 748 g/mol. The minimum Gasteiger partial charge on any atom is -0.494 e. The van der Waals surface area contributed by atoms with E-state index in [9.17, 15) is 4.57 Å². The van der Waals surface area contributed by atoms with E-state index in [1.807, 2.05) is 24.3 Å². The predicted molar refractivity (Wildman–Crippen MR) is 202 cm³/mol. The number of allylic oxidation sites excluding steroid dienone is 1. The molecule has 15 heteroatoms. The van der Waals surface area contributed by atoms with Crippen molar-refractivity contribution in [1.82, 2.24) is 24.8 Å². The summed E-state index contributed by atoms with van der Waals surface area (Å²) in [5, 5.41) is 7.32. The first-order valence-corrected chi connectivity index (χ1v) is 19.6. The summed E-state index contributed by atoms with van der Waals surface area (Å²) in [7, 11) is 0.602. The molecule has 0 spiro atoms. The van der Waals surface area contributed by atoms with E-state index in [2.05, 4.69) is 56.3 Å². The van der Waals surface area contributed by atoms with Gasteiger partial charge in [0.15, 0.2) is 0 Å². The van der Waals surface area contributed by atoms with Crippen LogP contribution < -0.4 is 31.3 Å². The van der Waals surface area contributed by atoms with Crippen LogP contribution in [0.1, 0.15) is 18.4 Å². The lowest BCUT2D eigenvalue weighted by atomic mass is 9.98. The summed E-state index contributed by atoms with van der Waals surface area (Å²) in [5.74, 6) is 1.44. The molecule has 2 aromatic carbocycles. The maximum Gasteiger partial charge on any atom is 0.229 e. The van der Waals surface area contributed by atoms with Gasteiger partial charge in [-0.15, -0.1) is 0 Å². The van der Waals surface area contributed by atoms with E-state index >= 15 is 0 Å². The molecule has 0 amide bonds. The van der Waals surface area contributed by atoms with Crippen molar-refractivity contribution in [2.45, 2.75) is 18.9 Å². The number of nitrogens with zero attached hydrogens (tertiary/aromatic N) is 7. The molecule has 0 saturated carbocycles. The quantitative estimate of drug-likeness (QED) is 0.144. The summed E-state index contributed by atoms with van der Waals surface area (Å²) in [6.45, 7) is 8.83. The van der Waals surface area contributed by atoms with Gasteiger partial charge in [-0.1, -0.05) is 0 Å². The Morgan fingerprint density at radius 3 is 2.53 bits per heavy atom. The van der Waals surface area contributed by atoms with Crippen molar-refractivity contribution >= 4 is 80.0 Å². The zero-order chi connectivity index (χ0) is 34.5. The van der Waals surface area contributed by atoms with Crippen LogP contribution >= 0.6 is 23.1 Å². The molecule has 0 radical (unpaired) electrons. The van der Waals surface area contributed by atoms with Gasteiger partial charge in [-0.25, -0.2) is 4.98 Å². The molecular formula is C34H42BrN10O3P. The first-order chi connectivity index (χ1) is 23.7. The lowest BCUT2D eigenvalue weighted by Gasteiger charge is -2.41. The Morgan fingerprint density at radius 1 is 1.08 bits per heavy atom. The summed E-state index contributed by atoms with van der Waals surface area (Å²) < 4.78 is 25.6. The van der Waals surface area contributed by atoms with Crippen molar-refractivity contribution < 1.29 is 14.0 Å². The molecule has 2 aliphatic rings. The van der Waals surface area contributed by atoms with E-state index in [-0.39, 0.29) is 0 Å². The summed E-state index contributed by atoms with van der Waals surface area (Å²) >= 11 is 3.58. The van der Waals surface area contributed by atoms with E-state index < -0.39 is 7.14 Å². The molecule has 0 aliphatic carbocycles. The molecule has 6 rings (SSSR count). The Kier molecular flexibility index (Phi) is 10.8.